The van der Waals surface area contributed by atoms with E-state index in [4.69, 9.17) is 5.73 Å². The summed E-state index contributed by atoms with van der Waals surface area (Å²) < 4.78 is 0. The van der Waals surface area contributed by atoms with Crippen molar-refractivity contribution in [1.82, 2.24) is 14.7 Å². The minimum Gasteiger partial charge on any atom is -0.368 e. The molecule has 2 heterocycles. The Labute approximate surface area is 185 Å². The van der Waals surface area contributed by atoms with Crippen molar-refractivity contribution in [3.63, 3.8) is 0 Å². The van der Waals surface area contributed by atoms with Crippen molar-refractivity contribution in [2.75, 3.05) is 32.7 Å². The minimum atomic E-state index is -0.705. The molecule has 4 bridgehead atoms. The Morgan fingerprint density at radius 2 is 1.42 bits per heavy atom. The number of nitrogens with two attached hydrogens (primary N) is 1. The Morgan fingerprint density at radius 3 is 1.94 bits per heavy atom. The van der Waals surface area contributed by atoms with E-state index < -0.39 is 5.54 Å². The first-order chi connectivity index (χ1) is 14.7. The maximum absolute atomic E-state index is 13.9. The fourth-order valence-electron chi connectivity index (χ4n) is 7.80. The minimum absolute atomic E-state index is 0.104. The Hall–Kier alpha value is -1.63. The molecule has 0 unspecified atom stereocenters. The highest BCUT2D eigenvalue weighted by Crippen LogP contribution is 2.60. The van der Waals surface area contributed by atoms with Crippen LogP contribution in [0.15, 0.2) is 0 Å². The Bertz CT molecular complexity index is 736. The zero-order valence-electron chi connectivity index (χ0n) is 19.1. The van der Waals surface area contributed by atoms with Crippen LogP contribution in [-0.4, -0.2) is 76.7 Å². The lowest BCUT2D eigenvalue weighted by Crippen LogP contribution is -2.62. The van der Waals surface area contributed by atoms with Gasteiger partial charge in [-0.2, -0.15) is 0 Å². The van der Waals surface area contributed by atoms with Crippen LogP contribution >= 0.6 is 0 Å². The van der Waals surface area contributed by atoms with E-state index in [0.29, 0.717) is 26.2 Å². The second-order valence-electron chi connectivity index (χ2n) is 11.6. The summed E-state index contributed by atoms with van der Waals surface area (Å²) in [4.78, 5) is 45.0. The number of nitrogens with zero attached hydrogens (tertiary/aromatic N) is 3. The van der Waals surface area contributed by atoms with Crippen molar-refractivity contribution in [3.05, 3.63) is 0 Å². The van der Waals surface area contributed by atoms with Crippen LogP contribution in [0.2, 0.25) is 0 Å². The molecular weight excluding hydrogens is 392 g/mol. The molecule has 2 saturated heterocycles. The van der Waals surface area contributed by atoms with Gasteiger partial charge in [-0.15, -0.1) is 0 Å². The summed E-state index contributed by atoms with van der Waals surface area (Å²) in [5.41, 5.74) is 4.68. The fourth-order valence-corrected chi connectivity index (χ4v) is 7.80. The van der Waals surface area contributed by atoms with Crippen LogP contribution in [0.25, 0.3) is 0 Å². The van der Waals surface area contributed by atoms with Crippen LogP contribution in [0.3, 0.4) is 0 Å². The highest BCUT2D eigenvalue weighted by Gasteiger charge is 2.57. The summed E-state index contributed by atoms with van der Waals surface area (Å²) >= 11 is 0. The van der Waals surface area contributed by atoms with Gasteiger partial charge in [0.15, 0.2) is 0 Å². The van der Waals surface area contributed by atoms with Gasteiger partial charge in [-0.3, -0.25) is 19.3 Å². The third-order valence-corrected chi connectivity index (χ3v) is 9.28. The summed E-state index contributed by atoms with van der Waals surface area (Å²) in [5.74, 6) is 2.24. The molecule has 4 aliphatic carbocycles. The lowest BCUT2D eigenvalue weighted by atomic mass is 9.49. The molecule has 6 rings (SSSR count). The molecule has 4 saturated carbocycles. The molecular formula is C24H38N4O3. The van der Waals surface area contributed by atoms with E-state index in [1.54, 1.807) is 0 Å². The number of piperazine rings is 1. The van der Waals surface area contributed by atoms with Gasteiger partial charge in [0, 0.05) is 32.7 Å². The Morgan fingerprint density at radius 1 is 0.871 bits per heavy atom. The van der Waals surface area contributed by atoms with Gasteiger partial charge in [0.25, 0.3) is 0 Å². The summed E-state index contributed by atoms with van der Waals surface area (Å²) in [6, 6.07) is -0.295. The monoisotopic (exact) mass is 430 g/mol. The third kappa shape index (κ3) is 3.47. The average Bonchev–Trinajstić information content (AvgIpc) is 3.21. The normalized spacial score (nSPS) is 38.0. The number of amides is 3. The Kier molecular flexibility index (Phi) is 5.11. The smallest absolute Gasteiger partial charge is 0.245 e. The molecule has 0 spiro atoms. The first-order valence-corrected chi connectivity index (χ1v) is 12.3. The maximum atomic E-state index is 13.9. The van der Waals surface area contributed by atoms with E-state index >= 15 is 0 Å². The van der Waals surface area contributed by atoms with Gasteiger partial charge in [0.1, 0.15) is 6.04 Å². The highest BCUT2D eigenvalue weighted by atomic mass is 16.2. The van der Waals surface area contributed by atoms with Crippen LogP contribution in [0.5, 0.6) is 0 Å². The number of carbonyl (C=O) groups is 3. The topological polar surface area (TPSA) is 87.0 Å². The van der Waals surface area contributed by atoms with Crippen LogP contribution in [0.1, 0.15) is 65.2 Å². The van der Waals surface area contributed by atoms with E-state index in [1.165, 1.54) is 19.3 Å². The Balaban J connectivity index is 1.25. The van der Waals surface area contributed by atoms with Crippen molar-refractivity contribution >= 4 is 17.7 Å². The van der Waals surface area contributed by atoms with Crippen LogP contribution < -0.4 is 5.73 Å². The number of hydrogen-bond donors (Lipinski definition) is 1. The number of rotatable bonds is 4. The number of primary amides is 1. The largest absolute Gasteiger partial charge is 0.368 e. The van der Waals surface area contributed by atoms with Crippen molar-refractivity contribution in [2.45, 2.75) is 76.8 Å². The highest BCUT2D eigenvalue weighted by molar-refractivity contribution is 5.91. The quantitative estimate of drug-likeness (QED) is 0.734. The maximum Gasteiger partial charge on any atom is 0.245 e. The first kappa shape index (κ1) is 21.2. The van der Waals surface area contributed by atoms with E-state index in [9.17, 15) is 14.4 Å². The fraction of sp³-hybridized carbons (Fsp3) is 0.875. The van der Waals surface area contributed by atoms with Crippen LogP contribution in [0, 0.1) is 23.2 Å². The molecule has 6 aliphatic rings. The standard InChI is InChI=1S/C24H38N4O3/c1-23(2,21(25)30)27-8-6-26(7-9-27)20(29)19-4-3-5-28(19)22(31)24-13-16-10-17(14-24)12-18(11-16)15-24/h16-19H,3-15H2,1-2H3,(H2,25,30)/t16?,17?,18?,19-,24?/m1/s1. The number of likely N-dealkylation sites (tertiary alicyclic amines) is 1. The summed E-state index contributed by atoms with van der Waals surface area (Å²) in [7, 11) is 0. The molecule has 7 heteroatoms. The van der Waals surface area contributed by atoms with Gasteiger partial charge >= 0.3 is 0 Å². The molecule has 0 radical (unpaired) electrons. The van der Waals surface area contributed by atoms with Crippen molar-refractivity contribution < 1.29 is 14.4 Å². The molecule has 1 atom stereocenters. The summed E-state index contributed by atoms with van der Waals surface area (Å²) in [5, 5.41) is 0. The van der Waals surface area contributed by atoms with E-state index in [-0.39, 0.29) is 29.2 Å². The molecule has 2 N–H and O–H groups in total. The molecule has 3 amide bonds. The van der Waals surface area contributed by atoms with Crippen molar-refractivity contribution in [1.29, 1.82) is 0 Å². The molecule has 6 fully saturated rings. The first-order valence-electron chi connectivity index (χ1n) is 12.3. The van der Waals surface area contributed by atoms with Gasteiger partial charge in [-0.1, -0.05) is 0 Å². The SMILES string of the molecule is CC(C)(C(N)=O)N1CCN(C(=O)[C@H]2CCCN2C(=O)C23CC4CC(CC(C4)C2)C3)CC1. The second kappa shape index (κ2) is 7.46. The predicted molar refractivity (Wildman–Crippen MR) is 117 cm³/mol. The van der Waals surface area contributed by atoms with E-state index in [0.717, 1.165) is 56.4 Å². The van der Waals surface area contributed by atoms with E-state index in [1.807, 2.05) is 23.6 Å². The predicted octanol–water partition coefficient (Wildman–Crippen LogP) is 1.60. The lowest BCUT2D eigenvalue weighted by molar-refractivity contribution is -0.162. The van der Waals surface area contributed by atoms with Gasteiger partial charge < -0.3 is 15.5 Å². The average molecular weight is 431 g/mol. The second-order valence-corrected chi connectivity index (χ2v) is 11.6. The van der Waals surface area contributed by atoms with Gasteiger partial charge in [-0.05, 0) is 83.0 Å². The van der Waals surface area contributed by atoms with Gasteiger partial charge in [0.05, 0.1) is 11.0 Å². The van der Waals surface area contributed by atoms with Crippen LogP contribution in [0.4, 0.5) is 0 Å². The molecule has 2 aliphatic heterocycles. The lowest BCUT2D eigenvalue weighted by Gasteiger charge is -2.56. The molecule has 172 valence electrons. The molecule has 7 nitrogen and oxygen atoms in total. The molecule has 31 heavy (non-hydrogen) atoms. The van der Waals surface area contributed by atoms with Gasteiger partial charge in [0.2, 0.25) is 17.7 Å². The molecule has 0 aromatic heterocycles. The third-order valence-electron chi connectivity index (χ3n) is 9.28. The van der Waals surface area contributed by atoms with Crippen molar-refractivity contribution in [3.8, 4) is 0 Å². The number of hydrogen-bond acceptors (Lipinski definition) is 4. The number of carbonyl (C=O) groups excluding carboxylic acids is 3. The van der Waals surface area contributed by atoms with Gasteiger partial charge in [-0.25, -0.2) is 0 Å². The zero-order chi connectivity index (χ0) is 22.0. The summed E-state index contributed by atoms with van der Waals surface area (Å²) in [6.07, 6.45) is 8.82. The van der Waals surface area contributed by atoms with Crippen molar-refractivity contribution in [2.24, 2.45) is 28.9 Å². The summed E-state index contributed by atoms with van der Waals surface area (Å²) in [6.45, 7) is 6.86. The zero-order valence-corrected chi connectivity index (χ0v) is 19.1. The van der Waals surface area contributed by atoms with E-state index in [2.05, 4.69) is 4.90 Å². The molecule has 0 aromatic rings. The molecule has 0 aromatic carbocycles. The van der Waals surface area contributed by atoms with Crippen LogP contribution in [-0.2, 0) is 14.4 Å².